The molecule has 0 spiro atoms. The predicted molar refractivity (Wildman–Crippen MR) is 71.7 cm³/mol. The van der Waals surface area contributed by atoms with Gasteiger partial charge in [0.15, 0.2) is 0 Å². The minimum absolute atomic E-state index is 0.00491. The molecule has 2 aromatic rings. The Morgan fingerprint density at radius 3 is 2.90 bits per heavy atom. The molecule has 1 aliphatic heterocycles. The average Bonchev–Trinajstić information content (AvgIpc) is 3.02. The van der Waals surface area contributed by atoms with Crippen LogP contribution in [0.25, 0.3) is 0 Å². The number of aromatic carboxylic acids is 1. The van der Waals surface area contributed by atoms with E-state index in [1.54, 1.807) is 27.9 Å². The monoisotopic (exact) mass is 271 g/mol. The first-order chi connectivity index (χ1) is 9.65. The normalized spacial score (nSPS) is 13.6. The van der Waals surface area contributed by atoms with Gasteiger partial charge in [-0.25, -0.2) is 4.79 Å². The zero-order valence-electron chi connectivity index (χ0n) is 10.7. The van der Waals surface area contributed by atoms with E-state index < -0.39 is 5.97 Å². The third kappa shape index (κ3) is 2.16. The minimum atomic E-state index is -0.987. The molecule has 0 radical (unpaired) electrons. The Morgan fingerprint density at radius 2 is 2.20 bits per heavy atom. The van der Waals surface area contributed by atoms with Crippen molar-refractivity contribution in [2.45, 2.75) is 13.0 Å². The molecule has 0 saturated heterocycles. The highest BCUT2D eigenvalue weighted by molar-refractivity contribution is 6.03. The lowest BCUT2D eigenvalue weighted by molar-refractivity contribution is -0.117. The van der Waals surface area contributed by atoms with E-state index in [2.05, 4.69) is 5.10 Å². The van der Waals surface area contributed by atoms with Crippen molar-refractivity contribution in [1.29, 1.82) is 0 Å². The SMILES string of the molecule is O=C(O)c1ccc2c(c1)N(CCn1cccn1)C(=O)C2. The summed E-state index contributed by atoms with van der Waals surface area (Å²) in [5.74, 6) is -0.992. The van der Waals surface area contributed by atoms with E-state index >= 15 is 0 Å². The van der Waals surface area contributed by atoms with E-state index in [9.17, 15) is 9.59 Å². The van der Waals surface area contributed by atoms with Crippen LogP contribution >= 0.6 is 0 Å². The number of hydrogen-bond acceptors (Lipinski definition) is 3. The lowest BCUT2D eigenvalue weighted by Crippen LogP contribution is -2.30. The zero-order valence-corrected chi connectivity index (χ0v) is 10.7. The molecule has 0 unspecified atom stereocenters. The summed E-state index contributed by atoms with van der Waals surface area (Å²) in [6, 6.07) is 6.63. The van der Waals surface area contributed by atoms with Crippen LogP contribution in [0.4, 0.5) is 5.69 Å². The number of carboxylic acids is 1. The van der Waals surface area contributed by atoms with E-state index in [0.717, 1.165) is 5.56 Å². The number of anilines is 1. The number of aromatic nitrogens is 2. The maximum Gasteiger partial charge on any atom is 0.335 e. The van der Waals surface area contributed by atoms with E-state index in [-0.39, 0.29) is 11.5 Å². The molecule has 20 heavy (non-hydrogen) atoms. The van der Waals surface area contributed by atoms with Crippen molar-refractivity contribution in [3.63, 3.8) is 0 Å². The molecule has 1 aromatic carbocycles. The number of carbonyl (C=O) groups excluding carboxylic acids is 1. The number of carboxylic acid groups (broad SMARTS) is 1. The maximum absolute atomic E-state index is 12.0. The molecule has 1 aromatic heterocycles. The first kappa shape index (κ1) is 12.4. The van der Waals surface area contributed by atoms with Crippen LogP contribution in [0.2, 0.25) is 0 Å². The van der Waals surface area contributed by atoms with Gasteiger partial charge in [0.25, 0.3) is 0 Å². The first-order valence-electron chi connectivity index (χ1n) is 6.29. The average molecular weight is 271 g/mol. The summed E-state index contributed by atoms with van der Waals surface area (Å²) >= 11 is 0. The van der Waals surface area contributed by atoms with Gasteiger partial charge in [-0.05, 0) is 23.8 Å². The summed E-state index contributed by atoms with van der Waals surface area (Å²) in [7, 11) is 0. The highest BCUT2D eigenvalue weighted by Crippen LogP contribution is 2.29. The van der Waals surface area contributed by atoms with Crippen molar-refractivity contribution in [1.82, 2.24) is 9.78 Å². The number of amides is 1. The highest BCUT2D eigenvalue weighted by Gasteiger charge is 2.27. The third-order valence-electron chi connectivity index (χ3n) is 3.38. The molecule has 1 amide bonds. The summed E-state index contributed by atoms with van der Waals surface area (Å²) in [6.07, 6.45) is 3.84. The Kier molecular flexibility index (Phi) is 2.98. The van der Waals surface area contributed by atoms with Gasteiger partial charge in [0.05, 0.1) is 18.5 Å². The predicted octanol–water partition coefficient (Wildman–Crippen LogP) is 1.17. The molecule has 6 heteroatoms. The Labute approximate surface area is 115 Å². The van der Waals surface area contributed by atoms with Crippen molar-refractivity contribution in [2.75, 3.05) is 11.4 Å². The number of rotatable bonds is 4. The summed E-state index contributed by atoms with van der Waals surface area (Å²) in [5, 5.41) is 13.1. The van der Waals surface area contributed by atoms with Crippen molar-refractivity contribution in [2.24, 2.45) is 0 Å². The molecule has 0 fully saturated rings. The topological polar surface area (TPSA) is 75.4 Å². The maximum atomic E-state index is 12.0. The van der Waals surface area contributed by atoms with Gasteiger partial charge in [0.2, 0.25) is 5.91 Å². The van der Waals surface area contributed by atoms with E-state index in [0.29, 0.717) is 25.2 Å². The quantitative estimate of drug-likeness (QED) is 0.905. The summed E-state index contributed by atoms with van der Waals surface area (Å²) < 4.78 is 1.74. The van der Waals surface area contributed by atoms with Crippen LogP contribution in [-0.2, 0) is 17.8 Å². The lowest BCUT2D eigenvalue weighted by Gasteiger charge is -2.17. The van der Waals surface area contributed by atoms with Crippen LogP contribution in [-0.4, -0.2) is 33.3 Å². The van der Waals surface area contributed by atoms with Crippen LogP contribution in [0.3, 0.4) is 0 Å². The lowest BCUT2D eigenvalue weighted by atomic mass is 10.1. The highest BCUT2D eigenvalue weighted by atomic mass is 16.4. The Bertz CT molecular complexity index is 664. The van der Waals surface area contributed by atoms with Crippen molar-refractivity contribution >= 4 is 17.6 Å². The fourth-order valence-corrected chi connectivity index (χ4v) is 2.37. The standard InChI is InChI=1S/C14H13N3O3/c18-13-9-10-2-3-11(14(19)20)8-12(10)17(13)7-6-16-5-1-4-15-16/h1-5,8H,6-7,9H2,(H,19,20). The molecule has 6 nitrogen and oxygen atoms in total. The molecule has 2 heterocycles. The molecule has 0 atom stereocenters. The Morgan fingerprint density at radius 1 is 1.35 bits per heavy atom. The number of carbonyl (C=O) groups is 2. The van der Waals surface area contributed by atoms with Gasteiger partial charge >= 0.3 is 5.97 Å². The van der Waals surface area contributed by atoms with Gasteiger partial charge in [0.1, 0.15) is 0 Å². The van der Waals surface area contributed by atoms with Gasteiger partial charge in [-0.15, -0.1) is 0 Å². The van der Waals surface area contributed by atoms with Crippen LogP contribution in [0.15, 0.2) is 36.7 Å². The van der Waals surface area contributed by atoms with E-state index in [4.69, 9.17) is 5.11 Å². The van der Waals surface area contributed by atoms with Crippen molar-refractivity contribution < 1.29 is 14.7 Å². The fraction of sp³-hybridized carbons (Fsp3) is 0.214. The van der Waals surface area contributed by atoms with E-state index in [1.165, 1.54) is 6.07 Å². The molecule has 0 aliphatic carbocycles. The zero-order chi connectivity index (χ0) is 14.1. The fourth-order valence-electron chi connectivity index (χ4n) is 2.37. The second-order valence-electron chi connectivity index (χ2n) is 4.64. The van der Waals surface area contributed by atoms with Crippen LogP contribution in [0, 0.1) is 0 Å². The minimum Gasteiger partial charge on any atom is -0.478 e. The van der Waals surface area contributed by atoms with Crippen LogP contribution < -0.4 is 4.90 Å². The van der Waals surface area contributed by atoms with Gasteiger partial charge in [-0.1, -0.05) is 6.07 Å². The molecule has 102 valence electrons. The third-order valence-corrected chi connectivity index (χ3v) is 3.38. The number of fused-ring (bicyclic) bond motifs is 1. The van der Waals surface area contributed by atoms with Gasteiger partial charge in [0, 0.05) is 24.6 Å². The number of benzene rings is 1. The first-order valence-corrected chi connectivity index (χ1v) is 6.29. The molecule has 1 N–H and O–H groups in total. The van der Waals surface area contributed by atoms with Crippen molar-refractivity contribution in [3.8, 4) is 0 Å². The number of hydrogen-bond donors (Lipinski definition) is 1. The Hall–Kier alpha value is -2.63. The van der Waals surface area contributed by atoms with E-state index in [1.807, 2.05) is 12.3 Å². The number of nitrogens with zero attached hydrogens (tertiary/aromatic N) is 3. The molecule has 3 rings (SSSR count). The Balaban J connectivity index is 1.84. The molecular weight excluding hydrogens is 258 g/mol. The summed E-state index contributed by atoms with van der Waals surface area (Å²) in [5.41, 5.74) is 1.77. The molecule has 0 bridgehead atoms. The molecular formula is C14H13N3O3. The second kappa shape index (κ2) is 4.80. The van der Waals surface area contributed by atoms with Gasteiger partial charge < -0.3 is 10.0 Å². The van der Waals surface area contributed by atoms with Crippen LogP contribution in [0.1, 0.15) is 15.9 Å². The summed E-state index contributed by atoms with van der Waals surface area (Å²) in [6.45, 7) is 1.06. The smallest absolute Gasteiger partial charge is 0.335 e. The van der Waals surface area contributed by atoms with Gasteiger partial charge in [-0.2, -0.15) is 5.10 Å². The van der Waals surface area contributed by atoms with Crippen LogP contribution in [0.5, 0.6) is 0 Å². The van der Waals surface area contributed by atoms with Gasteiger partial charge in [-0.3, -0.25) is 9.48 Å². The molecule has 0 saturated carbocycles. The second-order valence-corrected chi connectivity index (χ2v) is 4.64. The summed E-state index contributed by atoms with van der Waals surface area (Å²) in [4.78, 5) is 24.7. The largest absolute Gasteiger partial charge is 0.478 e. The van der Waals surface area contributed by atoms with Crippen molar-refractivity contribution in [3.05, 3.63) is 47.8 Å². The molecule has 1 aliphatic rings.